The number of amides is 1. The van der Waals surface area contributed by atoms with Crippen LogP contribution in [0, 0.1) is 0 Å². The fourth-order valence-electron chi connectivity index (χ4n) is 3.85. The van der Waals surface area contributed by atoms with Crippen molar-refractivity contribution in [1.82, 2.24) is 10.1 Å². The molecule has 0 saturated heterocycles. The highest BCUT2D eigenvalue weighted by atomic mass is 16.5. The minimum Gasteiger partial charge on any atom is -0.497 e. The summed E-state index contributed by atoms with van der Waals surface area (Å²) in [4.78, 5) is 17.6. The van der Waals surface area contributed by atoms with E-state index in [9.17, 15) is 4.79 Å². The third-order valence-corrected chi connectivity index (χ3v) is 5.78. The fourth-order valence-corrected chi connectivity index (χ4v) is 3.85. The summed E-state index contributed by atoms with van der Waals surface area (Å²) in [6, 6.07) is 17.6. The number of carbonyl (C=O) groups is 1. The van der Waals surface area contributed by atoms with E-state index in [2.05, 4.69) is 23.9 Å². The number of nitrogens with zero attached hydrogens (tertiary/aromatic N) is 3. The average molecular weight is 420 g/mol. The van der Waals surface area contributed by atoms with Gasteiger partial charge in [0.1, 0.15) is 11.4 Å². The number of rotatable bonds is 9. The summed E-state index contributed by atoms with van der Waals surface area (Å²) in [6.07, 6.45) is 2.04. The molecule has 1 amide bonds. The summed E-state index contributed by atoms with van der Waals surface area (Å²) >= 11 is 0. The monoisotopic (exact) mass is 419 g/mol. The van der Waals surface area contributed by atoms with Crippen molar-refractivity contribution in [2.24, 2.45) is 0 Å². The number of benzene rings is 2. The van der Waals surface area contributed by atoms with Crippen molar-refractivity contribution in [1.29, 1.82) is 0 Å². The predicted molar refractivity (Wildman–Crippen MR) is 121 cm³/mol. The maximum atomic E-state index is 13.4. The van der Waals surface area contributed by atoms with Gasteiger partial charge in [0.15, 0.2) is 0 Å². The SMILES string of the molecule is CCN(CC)c1onc(-c2ccccc2)c1CN(C(=O)c1ccc(OC)cc1)C1CC1. The minimum absolute atomic E-state index is 0.0239. The standard InChI is InChI=1S/C25H29N3O3/c1-4-27(5-2)25-22(23(26-31-25)18-9-7-6-8-10-18)17-28(20-13-14-20)24(29)19-11-15-21(30-3)16-12-19/h6-12,15-16,20H,4-5,13-14,17H2,1-3H3. The Morgan fingerprint density at radius 2 is 1.74 bits per heavy atom. The molecule has 6 heteroatoms. The Morgan fingerprint density at radius 1 is 1.06 bits per heavy atom. The lowest BCUT2D eigenvalue weighted by Crippen LogP contribution is -2.33. The summed E-state index contributed by atoms with van der Waals surface area (Å²) < 4.78 is 11.1. The summed E-state index contributed by atoms with van der Waals surface area (Å²) in [6.45, 7) is 6.28. The summed E-state index contributed by atoms with van der Waals surface area (Å²) in [5.41, 5.74) is 3.42. The number of aromatic nitrogens is 1. The Kier molecular flexibility index (Phi) is 6.26. The molecule has 0 unspecified atom stereocenters. The van der Waals surface area contributed by atoms with Gasteiger partial charge >= 0.3 is 0 Å². The molecule has 0 spiro atoms. The molecule has 1 saturated carbocycles. The van der Waals surface area contributed by atoms with Gasteiger partial charge in [0.05, 0.1) is 19.2 Å². The summed E-state index contributed by atoms with van der Waals surface area (Å²) in [7, 11) is 1.62. The highest BCUT2D eigenvalue weighted by molar-refractivity contribution is 5.95. The highest BCUT2D eigenvalue weighted by Gasteiger charge is 2.35. The molecule has 0 radical (unpaired) electrons. The van der Waals surface area contributed by atoms with Crippen LogP contribution in [0.15, 0.2) is 59.1 Å². The average Bonchev–Trinajstić information content (AvgIpc) is 3.59. The maximum absolute atomic E-state index is 13.4. The van der Waals surface area contributed by atoms with Crippen LogP contribution in [0.1, 0.15) is 42.6 Å². The molecule has 1 fully saturated rings. The van der Waals surface area contributed by atoms with E-state index in [1.54, 1.807) is 7.11 Å². The van der Waals surface area contributed by atoms with Gasteiger partial charge in [0, 0.05) is 30.3 Å². The van der Waals surface area contributed by atoms with Crippen molar-refractivity contribution < 1.29 is 14.1 Å². The van der Waals surface area contributed by atoms with Crippen LogP contribution >= 0.6 is 0 Å². The van der Waals surface area contributed by atoms with Gasteiger partial charge in [-0.3, -0.25) is 4.79 Å². The summed E-state index contributed by atoms with van der Waals surface area (Å²) in [5, 5.41) is 4.42. The quantitative estimate of drug-likeness (QED) is 0.488. The first-order chi connectivity index (χ1) is 15.2. The molecule has 162 valence electrons. The minimum atomic E-state index is 0.0239. The summed E-state index contributed by atoms with van der Waals surface area (Å²) in [5.74, 6) is 1.51. The molecular formula is C25H29N3O3. The lowest BCUT2D eigenvalue weighted by atomic mass is 10.1. The van der Waals surface area contributed by atoms with E-state index < -0.39 is 0 Å². The maximum Gasteiger partial charge on any atom is 0.254 e. The number of carbonyl (C=O) groups excluding carboxylic acids is 1. The molecule has 1 heterocycles. The van der Waals surface area contributed by atoms with Crippen LogP contribution in [0.4, 0.5) is 5.88 Å². The number of hydrogen-bond acceptors (Lipinski definition) is 5. The molecule has 1 aliphatic carbocycles. The van der Waals surface area contributed by atoms with Gasteiger partial charge in [-0.15, -0.1) is 0 Å². The molecular weight excluding hydrogens is 390 g/mol. The zero-order valence-electron chi connectivity index (χ0n) is 18.4. The Balaban J connectivity index is 1.70. The Hall–Kier alpha value is -3.28. The zero-order chi connectivity index (χ0) is 21.8. The van der Waals surface area contributed by atoms with Gasteiger partial charge in [-0.2, -0.15) is 0 Å². The van der Waals surface area contributed by atoms with Gasteiger partial charge in [-0.25, -0.2) is 0 Å². The highest BCUT2D eigenvalue weighted by Crippen LogP contribution is 2.36. The second-order valence-corrected chi connectivity index (χ2v) is 7.75. The van der Waals surface area contributed by atoms with Crippen LogP contribution in [0.5, 0.6) is 5.75 Å². The smallest absolute Gasteiger partial charge is 0.254 e. The normalized spacial score (nSPS) is 13.1. The van der Waals surface area contributed by atoms with Crippen molar-refractivity contribution in [3.63, 3.8) is 0 Å². The number of methoxy groups -OCH3 is 1. The van der Waals surface area contributed by atoms with Crippen LogP contribution in [-0.2, 0) is 6.54 Å². The molecule has 0 aliphatic heterocycles. The van der Waals surface area contributed by atoms with Crippen LogP contribution in [0.2, 0.25) is 0 Å². The van der Waals surface area contributed by atoms with Crippen molar-refractivity contribution >= 4 is 11.8 Å². The predicted octanol–water partition coefficient (Wildman–Crippen LogP) is 5.00. The second kappa shape index (κ2) is 9.25. The number of anilines is 1. The van der Waals surface area contributed by atoms with Gasteiger partial charge in [-0.05, 0) is 51.0 Å². The number of ether oxygens (including phenoxy) is 1. The van der Waals surface area contributed by atoms with Crippen LogP contribution in [0.3, 0.4) is 0 Å². The van der Waals surface area contributed by atoms with Crippen LogP contribution in [0.25, 0.3) is 11.3 Å². The fraction of sp³-hybridized carbons (Fsp3) is 0.360. The van der Waals surface area contributed by atoms with Crippen molar-refractivity contribution in [2.45, 2.75) is 39.3 Å². The van der Waals surface area contributed by atoms with Gasteiger partial charge in [0.2, 0.25) is 5.88 Å². The molecule has 1 aromatic heterocycles. The first-order valence-electron chi connectivity index (χ1n) is 10.9. The molecule has 0 N–H and O–H groups in total. The van der Waals surface area contributed by atoms with E-state index in [1.165, 1.54) is 0 Å². The molecule has 3 aromatic rings. The molecule has 31 heavy (non-hydrogen) atoms. The van der Waals surface area contributed by atoms with Crippen molar-refractivity contribution in [2.75, 3.05) is 25.1 Å². The van der Waals surface area contributed by atoms with E-state index in [4.69, 9.17) is 9.26 Å². The van der Waals surface area contributed by atoms with Gasteiger partial charge in [-0.1, -0.05) is 35.5 Å². The van der Waals surface area contributed by atoms with Crippen LogP contribution in [-0.4, -0.2) is 42.2 Å². The second-order valence-electron chi connectivity index (χ2n) is 7.75. The van der Waals surface area contributed by atoms with Crippen molar-refractivity contribution in [3.05, 3.63) is 65.7 Å². The molecule has 0 atom stereocenters. The van der Waals surface area contributed by atoms with Gasteiger partial charge < -0.3 is 19.1 Å². The topological polar surface area (TPSA) is 58.8 Å². The lowest BCUT2D eigenvalue weighted by Gasteiger charge is -2.25. The lowest BCUT2D eigenvalue weighted by molar-refractivity contribution is 0.0730. The third kappa shape index (κ3) is 4.43. The molecule has 4 rings (SSSR count). The Bertz CT molecular complexity index is 1010. The van der Waals surface area contributed by atoms with E-state index in [-0.39, 0.29) is 11.9 Å². The first kappa shape index (κ1) is 21.0. The van der Waals surface area contributed by atoms with E-state index >= 15 is 0 Å². The van der Waals surface area contributed by atoms with E-state index in [1.807, 2.05) is 59.5 Å². The Labute approximate surface area is 183 Å². The van der Waals surface area contributed by atoms with E-state index in [0.29, 0.717) is 12.1 Å². The molecule has 6 nitrogen and oxygen atoms in total. The molecule has 2 aromatic carbocycles. The third-order valence-electron chi connectivity index (χ3n) is 5.78. The molecule has 0 bridgehead atoms. The Morgan fingerprint density at radius 3 is 2.32 bits per heavy atom. The number of hydrogen-bond donors (Lipinski definition) is 0. The zero-order valence-corrected chi connectivity index (χ0v) is 18.4. The molecule has 1 aliphatic rings. The first-order valence-corrected chi connectivity index (χ1v) is 10.9. The van der Waals surface area contributed by atoms with Crippen LogP contribution < -0.4 is 9.64 Å². The largest absolute Gasteiger partial charge is 0.497 e. The van der Waals surface area contributed by atoms with E-state index in [0.717, 1.165) is 54.4 Å². The van der Waals surface area contributed by atoms with Crippen molar-refractivity contribution in [3.8, 4) is 17.0 Å². The van der Waals surface area contributed by atoms with Gasteiger partial charge in [0.25, 0.3) is 5.91 Å².